The summed E-state index contributed by atoms with van der Waals surface area (Å²) >= 11 is 9.47. The van der Waals surface area contributed by atoms with Crippen molar-refractivity contribution in [1.29, 1.82) is 0 Å². The van der Waals surface area contributed by atoms with Crippen molar-refractivity contribution in [2.24, 2.45) is 0 Å². The Morgan fingerprint density at radius 2 is 2.25 bits per heavy atom. The zero-order valence-corrected chi connectivity index (χ0v) is 11.1. The first-order valence-electron chi connectivity index (χ1n) is 5.37. The molecule has 16 heavy (non-hydrogen) atoms. The number of halogens is 2. The molecule has 0 aliphatic heterocycles. The number of alkyl halides is 1. The van der Waals surface area contributed by atoms with Gasteiger partial charge in [0.15, 0.2) is 0 Å². The van der Waals surface area contributed by atoms with Crippen molar-refractivity contribution in [3.05, 3.63) is 34.3 Å². The largest absolute Gasteiger partial charge is 0.348 e. The first-order chi connectivity index (χ1) is 7.66. The van der Waals surface area contributed by atoms with Crippen LogP contribution in [-0.4, -0.2) is 17.3 Å². The van der Waals surface area contributed by atoms with Gasteiger partial charge in [-0.15, -0.1) is 11.6 Å². The quantitative estimate of drug-likeness (QED) is 0.834. The van der Waals surface area contributed by atoms with E-state index >= 15 is 0 Å². The third-order valence-electron chi connectivity index (χ3n) is 2.83. The number of carbonyl (C=O) groups excluding carboxylic acids is 1. The maximum atomic E-state index is 11.9. The summed E-state index contributed by atoms with van der Waals surface area (Å²) in [4.78, 5) is 11.9. The monoisotopic (exact) mass is 301 g/mol. The molecule has 86 valence electrons. The van der Waals surface area contributed by atoms with E-state index < -0.39 is 0 Å². The highest BCUT2D eigenvalue weighted by Crippen LogP contribution is 2.24. The molecule has 0 heterocycles. The predicted octanol–water partition coefficient (Wildman–Crippen LogP) is 3.34. The third kappa shape index (κ3) is 2.77. The van der Waals surface area contributed by atoms with Crippen LogP contribution in [0, 0.1) is 0 Å². The standard InChI is InChI=1S/C12H13BrClNO/c13-9-4-1-3-8(7-9)12(16)15-11-6-2-5-10(11)14/h1,3-4,7,10-11H,2,5-6H2,(H,15,16). The lowest BCUT2D eigenvalue weighted by molar-refractivity contribution is 0.0938. The van der Waals surface area contributed by atoms with E-state index in [1.807, 2.05) is 18.2 Å². The van der Waals surface area contributed by atoms with Crippen LogP contribution < -0.4 is 5.32 Å². The second-order valence-electron chi connectivity index (χ2n) is 4.04. The van der Waals surface area contributed by atoms with Crippen molar-refractivity contribution in [3.63, 3.8) is 0 Å². The van der Waals surface area contributed by atoms with Crippen LogP contribution in [0.4, 0.5) is 0 Å². The number of hydrogen-bond donors (Lipinski definition) is 1. The molecule has 1 aromatic carbocycles. The van der Waals surface area contributed by atoms with Crippen LogP contribution in [0.25, 0.3) is 0 Å². The maximum Gasteiger partial charge on any atom is 0.251 e. The summed E-state index contributed by atoms with van der Waals surface area (Å²) in [6.07, 6.45) is 3.07. The number of hydrogen-bond acceptors (Lipinski definition) is 1. The molecule has 2 unspecified atom stereocenters. The van der Waals surface area contributed by atoms with Crippen LogP contribution >= 0.6 is 27.5 Å². The van der Waals surface area contributed by atoms with E-state index in [9.17, 15) is 4.79 Å². The van der Waals surface area contributed by atoms with Gasteiger partial charge in [-0.3, -0.25) is 4.79 Å². The van der Waals surface area contributed by atoms with Crippen LogP contribution in [-0.2, 0) is 0 Å². The smallest absolute Gasteiger partial charge is 0.251 e. The topological polar surface area (TPSA) is 29.1 Å². The minimum absolute atomic E-state index is 0.0427. The highest BCUT2D eigenvalue weighted by molar-refractivity contribution is 9.10. The molecule has 0 saturated heterocycles. The minimum atomic E-state index is -0.0427. The summed E-state index contributed by atoms with van der Waals surface area (Å²) in [6, 6.07) is 7.49. The van der Waals surface area contributed by atoms with E-state index in [1.54, 1.807) is 6.07 Å². The molecule has 1 saturated carbocycles. The summed E-state index contributed by atoms with van der Waals surface area (Å²) in [6.45, 7) is 0. The Morgan fingerprint density at radius 1 is 1.44 bits per heavy atom. The molecule has 1 amide bonds. The van der Waals surface area contributed by atoms with Crippen LogP contribution in [0.2, 0.25) is 0 Å². The molecule has 4 heteroatoms. The molecule has 1 aliphatic rings. The molecule has 2 atom stereocenters. The van der Waals surface area contributed by atoms with Gasteiger partial charge in [0.25, 0.3) is 5.91 Å². The SMILES string of the molecule is O=C(NC1CCCC1Cl)c1cccc(Br)c1. The average Bonchev–Trinajstić information content (AvgIpc) is 2.64. The van der Waals surface area contributed by atoms with Gasteiger partial charge in [0, 0.05) is 16.1 Å². The molecule has 0 bridgehead atoms. The van der Waals surface area contributed by atoms with Crippen molar-refractivity contribution in [1.82, 2.24) is 5.32 Å². The first-order valence-corrected chi connectivity index (χ1v) is 6.60. The minimum Gasteiger partial charge on any atom is -0.348 e. The van der Waals surface area contributed by atoms with Gasteiger partial charge in [0.05, 0.1) is 5.38 Å². The van der Waals surface area contributed by atoms with Gasteiger partial charge in [-0.05, 0) is 37.5 Å². The van der Waals surface area contributed by atoms with Gasteiger partial charge in [0.2, 0.25) is 0 Å². The molecule has 0 spiro atoms. The summed E-state index contributed by atoms with van der Waals surface area (Å²) in [5, 5.41) is 3.06. The maximum absolute atomic E-state index is 11.9. The lowest BCUT2D eigenvalue weighted by atomic mass is 10.2. The normalized spacial score (nSPS) is 24.4. The van der Waals surface area contributed by atoms with Gasteiger partial charge in [-0.25, -0.2) is 0 Å². The fourth-order valence-corrected chi connectivity index (χ4v) is 2.70. The second-order valence-corrected chi connectivity index (χ2v) is 5.51. The van der Waals surface area contributed by atoms with Gasteiger partial charge < -0.3 is 5.32 Å². The lowest BCUT2D eigenvalue weighted by Crippen LogP contribution is -2.37. The number of rotatable bonds is 2. The second kappa shape index (κ2) is 5.19. The Labute approximate surface area is 108 Å². The predicted molar refractivity (Wildman–Crippen MR) is 68.9 cm³/mol. The molecule has 0 aromatic heterocycles. The Bertz CT molecular complexity index is 396. The van der Waals surface area contributed by atoms with Gasteiger partial charge in [0.1, 0.15) is 0 Å². The lowest BCUT2D eigenvalue weighted by Gasteiger charge is -2.15. The van der Waals surface area contributed by atoms with Gasteiger partial charge in [-0.2, -0.15) is 0 Å². The summed E-state index contributed by atoms with van der Waals surface area (Å²) < 4.78 is 0.911. The number of benzene rings is 1. The molecule has 0 radical (unpaired) electrons. The van der Waals surface area contributed by atoms with E-state index in [2.05, 4.69) is 21.2 Å². The fourth-order valence-electron chi connectivity index (χ4n) is 1.96. The molecule has 2 rings (SSSR count). The zero-order chi connectivity index (χ0) is 11.5. The fraction of sp³-hybridized carbons (Fsp3) is 0.417. The molecular weight excluding hydrogens is 289 g/mol. The highest BCUT2D eigenvalue weighted by atomic mass is 79.9. The van der Waals surface area contributed by atoms with E-state index in [4.69, 9.17) is 11.6 Å². The molecule has 2 nitrogen and oxygen atoms in total. The molecule has 1 aromatic rings. The van der Waals surface area contributed by atoms with E-state index in [1.165, 1.54) is 0 Å². The highest BCUT2D eigenvalue weighted by Gasteiger charge is 2.26. The van der Waals surface area contributed by atoms with E-state index in [0.29, 0.717) is 5.56 Å². The van der Waals surface area contributed by atoms with Crippen molar-refractivity contribution in [2.75, 3.05) is 0 Å². The van der Waals surface area contributed by atoms with Gasteiger partial charge >= 0.3 is 0 Å². The molecule has 1 N–H and O–H groups in total. The van der Waals surface area contributed by atoms with Crippen LogP contribution in [0.3, 0.4) is 0 Å². The molecule has 1 fully saturated rings. The summed E-state index contributed by atoms with van der Waals surface area (Å²) in [5.74, 6) is -0.0427. The van der Waals surface area contributed by atoms with E-state index in [0.717, 1.165) is 23.7 Å². The third-order valence-corrected chi connectivity index (χ3v) is 3.85. The van der Waals surface area contributed by atoms with Crippen molar-refractivity contribution in [3.8, 4) is 0 Å². The molecular formula is C12H13BrClNO. The van der Waals surface area contributed by atoms with Crippen LogP contribution in [0.5, 0.6) is 0 Å². The van der Waals surface area contributed by atoms with Crippen molar-refractivity contribution < 1.29 is 4.79 Å². The Morgan fingerprint density at radius 3 is 2.88 bits per heavy atom. The number of nitrogens with one attached hydrogen (secondary N) is 1. The molecule has 1 aliphatic carbocycles. The Kier molecular flexibility index (Phi) is 3.87. The summed E-state index contributed by atoms with van der Waals surface area (Å²) in [5.41, 5.74) is 0.671. The van der Waals surface area contributed by atoms with Crippen LogP contribution in [0.15, 0.2) is 28.7 Å². The van der Waals surface area contributed by atoms with E-state index in [-0.39, 0.29) is 17.3 Å². The first kappa shape index (κ1) is 11.9. The number of carbonyl (C=O) groups is 1. The average molecular weight is 303 g/mol. The van der Waals surface area contributed by atoms with Crippen molar-refractivity contribution >= 4 is 33.4 Å². The summed E-state index contributed by atoms with van der Waals surface area (Å²) in [7, 11) is 0. The van der Waals surface area contributed by atoms with Gasteiger partial charge in [-0.1, -0.05) is 22.0 Å². The zero-order valence-electron chi connectivity index (χ0n) is 8.75. The van der Waals surface area contributed by atoms with Crippen LogP contribution in [0.1, 0.15) is 29.6 Å². The van der Waals surface area contributed by atoms with Crippen molar-refractivity contribution in [2.45, 2.75) is 30.7 Å². The Balaban J connectivity index is 2.03. The number of amides is 1. The Hall–Kier alpha value is -0.540.